The molecule has 38 heavy (non-hydrogen) atoms. The lowest BCUT2D eigenvalue weighted by Gasteiger charge is -2.22. The third kappa shape index (κ3) is 5.02. The Morgan fingerprint density at radius 3 is 2.24 bits per heavy atom. The summed E-state index contributed by atoms with van der Waals surface area (Å²) in [5.41, 5.74) is 1.45. The van der Waals surface area contributed by atoms with Crippen LogP contribution in [0.1, 0.15) is 22.7 Å². The van der Waals surface area contributed by atoms with Crippen molar-refractivity contribution < 1.29 is 28.2 Å². The van der Waals surface area contributed by atoms with Crippen LogP contribution in [0.15, 0.2) is 82.7 Å². The van der Waals surface area contributed by atoms with E-state index in [1.54, 1.807) is 36.4 Å². The van der Waals surface area contributed by atoms with E-state index in [1.165, 1.54) is 60.2 Å². The Labute approximate surface area is 224 Å². The number of Topliss-reactive ketones (excluding diaryl/α,β-unsaturated/α-hetero) is 1. The van der Waals surface area contributed by atoms with Gasteiger partial charge in [-0.3, -0.25) is 14.5 Å². The van der Waals surface area contributed by atoms with Crippen molar-refractivity contribution in [2.24, 2.45) is 0 Å². The second kappa shape index (κ2) is 10.7. The number of hydrogen-bond donors (Lipinski definition) is 1. The lowest BCUT2D eigenvalue weighted by atomic mass is 9.95. The van der Waals surface area contributed by atoms with Crippen LogP contribution in [0, 0.1) is 11.6 Å². The summed E-state index contributed by atoms with van der Waals surface area (Å²) in [6.45, 7) is 0. The van der Waals surface area contributed by atoms with Crippen LogP contribution in [-0.4, -0.2) is 34.1 Å². The van der Waals surface area contributed by atoms with Gasteiger partial charge in [-0.2, -0.15) is 0 Å². The van der Waals surface area contributed by atoms with Crippen molar-refractivity contribution in [3.8, 4) is 5.75 Å². The first-order valence-electron chi connectivity index (χ1n) is 11.3. The summed E-state index contributed by atoms with van der Waals surface area (Å²) in [4.78, 5) is 27.7. The van der Waals surface area contributed by atoms with E-state index in [0.717, 1.165) is 16.9 Å². The molecule has 0 bridgehead atoms. The molecule has 4 aromatic rings. The minimum atomic E-state index is -1.05. The van der Waals surface area contributed by atoms with Crippen molar-refractivity contribution in [3.63, 3.8) is 0 Å². The predicted molar refractivity (Wildman–Crippen MR) is 140 cm³/mol. The number of ketones is 1. The highest BCUT2D eigenvalue weighted by molar-refractivity contribution is 8.00. The number of hydrogen-bond acceptors (Lipinski definition) is 8. The summed E-state index contributed by atoms with van der Waals surface area (Å²) in [5.74, 6) is -1.94. The first kappa shape index (κ1) is 25.6. The highest BCUT2D eigenvalue weighted by Crippen LogP contribution is 2.44. The van der Waals surface area contributed by atoms with E-state index in [-0.39, 0.29) is 22.3 Å². The molecule has 1 aliphatic rings. The van der Waals surface area contributed by atoms with Crippen molar-refractivity contribution in [1.82, 2.24) is 10.2 Å². The average molecular weight is 552 g/mol. The molecule has 1 aromatic heterocycles. The number of ether oxygens (including phenoxy) is 1. The summed E-state index contributed by atoms with van der Waals surface area (Å²) >= 11 is 2.44. The first-order chi connectivity index (χ1) is 18.4. The molecule has 1 aliphatic heterocycles. The van der Waals surface area contributed by atoms with Crippen LogP contribution >= 0.6 is 23.1 Å². The second-order valence-electron chi connectivity index (χ2n) is 8.21. The molecule has 1 amide bonds. The van der Waals surface area contributed by atoms with Gasteiger partial charge in [-0.25, -0.2) is 8.78 Å². The van der Waals surface area contributed by atoms with E-state index in [0.29, 0.717) is 27.0 Å². The normalized spacial score (nSPS) is 16.7. The van der Waals surface area contributed by atoms with Crippen molar-refractivity contribution in [3.05, 3.63) is 107 Å². The summed E-state index contributed by atoms with van der Waals surface area (Å²) in [6, 6.07) is 16.7. The summed E-state index contributed by atoms with van der Waals surface area (Å²) < 4.78 is 32.6. The molecule has 192 valence electrons. The number of aliphatic hydroxyl groups excluding tert-OH is 1. The summed E-state index contributed by atoms with van der Waals surface area (Å²) in [5, 5.41) is 19.6. The highest BCUT2D eigenvalue weighted by Gasteiger charge is 2.48. The number of anilines is 1. The Hall–Kier alpha value is -4.09. The number of rotatable bonds is 7. The lowest BCUT2D eigenvalue weighted by molar-refractivity contribution is -0.132. The number of carbonyl (C=O) groups is 2. The maximum atomic E-state index is 13.7. The maximum Gasteiger partial charge on any atom is 0.301 e. The molecule has 3 aromatic carbocycles. The Kier molecular flexibility index (Phi) is 7.21. The van der Waals surface area contributed by atoms with Gasteiger partial charge in [0.15, 0.2) is 4.34 Å². The monoisotopic (exact) mass is 551 g/mol. The Balaban J connectivity index is 1.52. The van der Waals surface area contributed by atoms with Gasteiger partial charge >= 0.3 is 5.91 Å². The molecule has 5 rings (SSSR count). The fraction of sp³-hybridized carbons (Fsp3) is 0.111. The van der Waals surface area contributed by atoms with Gasteiger partial charge < -0.3 is 9.84 Å². The molecule has 0 spiro atoms. The number of amides is 1. The highest BCUT2D eigenvalue weighted by atomic mass is 32.2. The van der Waals surface area contributed by atoms with E-state index in [9.17, 15) is 23.5 Å². The maximum absolute atomic E-state index is 13.7. The van der Waals surface area contributed by atoms with Gasteiger partial charge in [0, 0.05) is 11.3 Å². The Morgan fingerprint density at radius 2 is 1.61 bits per heavy atom. The fourth-order valence-electron chi connectivity index (χ4n) is 3.98. The third-order valence-corrected chi connectivity index (χ3v) is 8.00. The molecule has 2 heterocycles. The Morgan fingerprint density at radius 1 is 0.974 bits per heavy atom. The number of benzene rings is 3. The van der Waals surface area contributed by atoms with Gasteiger partial charge in [0.1, 0.15) is 23.1 Å². The van der Waals surface area contributed by atoms with Gasteiger partial charge in [-0.05, 0) is 59.7 Å². The lowest BCUT2D eigenvalue weighted by Crippen LogP contribution is -2.29. The molecule has 0 saturated carbocycles. The molecule has 11 heteroatoms. The van der Waals surface area contributed by atoms with Crippen molar-refractivity contribution in [2.45, 2.75) is 16.1 Å². The minimum absolute atomic E-state index is 0.150. The fourth-order valence-corrected chi connectivity index (χ4v) is 5.80. The zero-order valence-electron chi connectivity index (χ0n) is 19.8. The molecule has 0 radical (unpaired) electrons. The van der Waals surface area contributed by atoms with Crippen LogP contribution < -0.4 is 9.64 Å². The molecule has 0 aliphatic carbocycles. The molecule has 7 nitrogen and oxygen atoms in total. The minimum Gasteiger partial charge on any atom is -0.507 e. The molecule has 1 saturated heterocycles. The number of aromatic nitrogens is 2. The van der Waals surface area contributed by atoms with E-state index < -0.39 is 23.5 Å². The third-order valence-electron chi connectivity index (χ3n) is 5.87. The van der Waals surface area contributed by atoms with Crippen molar-refractivity contribution in [2.75, 3.05) is 12.0 Å². The van der Waals surface area contributed by atoms with Gasteiger partial charge in [0.25, 0.3) is 5.78 Å². The van der Waals surface area contributed by atoms with E-state index >= 15 is 0 Å². The SMILES string of the molecule is COc1ccc(/C(O)=C2/C(=O)C(=O)N(c3nnc(SCc4ccc(F)cc4)s3)C2c2ccc(F)cc2)cc1. The summed E-state index contributed by atoms with van der Waals surface area (Å²) in [6.07, 6.45) is 0. The zero-order chi connectivity index (χ0) is 26.8. The number of methoxy groups -OCH3 is 1. The van der Waals surface area contributed by atoms with Crippen molar-refractivity contribution in [1.29, 1.82) is 0 Å². The predicted octanol–water partition coefficient (Wildman–Crippen LogP) is 5.74. The molecule has 1 atom stereocenters. The zero-order valence-corrected chi connectivity index (χ0v) is 21.4. The number of halogens is 2. The standard InChI is InChI=1S/C27H19F2N3O4S2/c1-36-20-12-6-17(7-13-20)23(33)21-22(16-4-10-19(29)11-5-16)32(25(35)24(21)34)26-30-31-27(38-26)37-14-15-2-8-18(28)9-3-15/h2-13,22,33H,14H2,1H3/b23-21-. The van der Waals surface area contributed by atoms with E-state index in [4.69, 9.17) is 4.74 Å². The smallest absolute Gasteiger partial charge is 0.301 e. The molecular formula is C27H19F2N3O4S2. The first-order valence-corrected chi connectivity index (χ1v) is 13.1. The largest absolute Gasteiger partial charge is 0.507 e. The number of carbonyl (C=O) groups excluding carboxylic acids is 2. The topological polar surface area (TPSA) is 92.6 Å². The van der Waals surface area contributed by atoms with E-state index in [1.807, 2.05) is 0 Å². The van der Waals surface area contributed by atoms with Crippen molar-refractivity contribution >= 4 is 45.7 Å². The quantitative estimate of drug-likeness (QED) is 0.103. The number of aliphatic hydroxyl groups is 1. The Bertz CT molecular complexity index is 1520. The van der Waals surface area contributed by atoms with Crippen LogP contribution in [0.3, 0.4) is 0 Å². The van der Waals surface area contributed by atoms with Crippen LogP contribution in [0.25, 0.3) is 5.76 Å². The molecule has 1 N–H and O–H groups in total. The molecular weight excluding hydrogens is 532 g/mol. The van der Waals surface area contributed by atoms with E-state index in [2.05, 4.69) is 10.2 Å². The van der Waals surface area contributed by atoms with Gasteiger partial charge in [-0.15, -0.1) is 10.2 Å². The van der Waals surface area contributed by atoms with Crippen LogP contribution in [-0.2, 0) is 15.3 Å². The van der Waals surface area contributed by atoms with Crippen LogP contribution in [0.2, 0.25) is 0 Å². The molecule has 1 fully saturated rings. The number of nitrogens with zero attached hydrogens (tertiary/aromatic N) is 3. The summed E-state index contributed by atoms with van der Waals surface area (Å²) in [7, 11) is 1.50. The number of thioether (sulfide) groups is 1. The average Bonchev–Trinajstić information content (AvgIpc) is 3.50. The van der Waals surface area contributed by atoms with Gasteiger partial charge in [-0.1, -0.05) is 47.4 Å². The van der Waals surface area contributed by atoms with Crippen LogP contribution in [0.5, 0.6) is 5.75 Å². The molecule has 1 unspecified atom stereocenters. The van der Waals surface area contributed by atoms with Crippen LogP contribution in [0.4, 0.5) is 13.9 Å². The van der Waals surface area contributed by atoms with Gasteiger partial charge in [0.05, 0.1) is 18.7 Å². The second-order valence-corrected chi connectivity index (χ2v) is 10.4. The van der Waals surface area contributed by atoms with Gasteiger partial charge in [0.2, 0.25) is 5.13 Å².